The van der Waals surface area contributed by atoms with Gasteiger partial charge in [-0.05, 0) is 28.1 Å². The molecule has 0 spiro atoms. The van der Waals surface area contributed by atoms with Crippen molar-refractivity contribution in [3.63, 3.8) is 0 Å². The molecule has 0 bridgehead atoms. The molecule has 0 heterocycles. The SMILES string of the molecule is COC(=O)C(=CC(=O)O)Nc1ccccc1Br. The van der Waals surface area contributed by atoms with E-state index in [1.54, 1.807) is 24.3 Å². The van der Waals surface area contributed by atoms with Gasteiger partial charge >= 0.3 is 11.9 Å². The highest BCUT2D eigenvalue weighted by molar-refractivity contribution is 9.10. The van der Waals surface area contributed by atoms with E-state index in [0.29, 0.717) is 10.2 Å². The van der Waals surface area contributed by atoms with Crippen LogP contribution in [0.4, 0.5) is 5.69 Å². The number of anilines is 1. The highest BCUT2D eigenvalue weighted by Crippen LogP contribution is 2.22. The van der Waals surface area contributed by atoms with Gasteiger partial charge in [-0.1, -0.05) is 12.1 Å². The van der Waals surface area contributed by atoms with Crippen LogP contribution in [0, 0.1) is 0 Å². The van der Waals surface area contributed by atoms with Crippen LogP contribution in [0.3, 0.4) is 0 Å². The Balaban J connectivity index is 2.99. The number of halogens is 1. The molecule has 0 fully saturated rings. The Bertz CT molecular complexity index is 470. The predicted octanol–water partition coefficient (Wildman–Crippen LogP) is 2.00. The van der Waals surface area contributed by atoms with E-state index >= 15 is 0 Å². The zero-order chi connectivity index (χ0) is 12.8. The van der Waals surface area contributed by atoms with Crippen molar-refractivity contribution in [1.29, 1.82) is 0 Å². The quantitative estimate of drug-likeness (QED) is 0.657. The summed E-state index contributed by atoms with van der Waals surface area (Å²) in [6.45, 7) is 0. The van der Waals surface area contributed by atoms with Gasteiger partial charge < -0.3 is 15.2 Å². The fourth-order valence-electron chi connectivity index (χ4n) is 1.09. The third-order valence-corrected chi connectivity index (χ3v) is 2.51. The van der Waals surface area contributed by atoms with Crippen LogP contribution in [0.25, 0.3) is 0 Å². The van der Waals surface area contributed by atoms with Gasteiger partial charge in [0.25, 0.3) is 0 Å². The topological polar surface area (TPSA) is 75.6 Å². The highest BCUT2D eigenvalue weighted by Gasteiger charge is 2.12. The number of rotatable bonds is 4. The largest absolute Gasteiger partial charge is 0.478 e. The predicted molar refractivity (Wildman–Crippen MR) is 65.5 cm³/mol. The minimum Gasteiger partial charge on any atom is -0.478 e. The third kappa shape index (κ3) is 3.92. The minimum atomic E-state index is -1.23. The second-order valence-corrected chi connectivity index (χ2v) is 3.85. The molecule has 0 unspecified atom stereocenters. The standard InChI is InChI=1S/C11H10BrNO4/c1-17-11(16)9(6-10(14)15)13-8-5-3-2-4-7(8)12/h2-6,13H,1H3,(H,14,15). The molecule has 17 heavy (non-hydrogen) atoms. The maximum Gasteiger partial charge on any atom is 0.354 e. The fourth-order valence-corrected chi connectivity index (χ4v) is 1.47. The van der Waals surface area contributed by atoms with E-state index in [4.69, 9.17) is 5.11 Å². The van der Waals surface area contributed by atoms with E-state index in [1.165, 1.54) is 7.11 Å². The first-order valence-electron chi connectivity index (χ1n) is 4.59. The Morgan fingerprint density at radius 3 is 2.59 bits per heavy atom. The fraction of sp³-hybridized carbons (Fsp3) is 0.0909. The number of esters is 1. The smallest absolute Gasteiger partial charge is 0.354 e. The zero-order valence-electron chi connectivity index (χ0n) is 8.94. The molecule has 90 valence electrons. The van der Waals surface area contributed by atoms with Crippen LogP contribution in [0.15, 0.2) is 40.5 Å². The molecule has 0 saturated heterocycles. The highest BCUT2D eigenvalue weighted by atomic mass is 79.9. The van der Waals surface area contributed by atoms with Gasteiger partial charge in [0, 0.05) is 4.47 Å². The summed E-state index contributed by atoms with van der Waals surface area (Å²) in [5.74, 6) is -1.98. The molecule has 0 aliphatic heterocycles. The Morgan fingerprint density at radius 1 is 1.41 bits per heavy atom. The molecule has 0 aliphatic rings. The molecule has 6 heteroatoms. The third-order valence-electron chi connectivity index (χ3n) is 1.82. The number of hydrogen-bond donors (Lipinski definition) is 2. The summed E-state index contributed by atoms with van der Waals surface area (Å²) in [6, 6.07) is 7.01. The molecule has 0 saturated carbocycles. The Morgan fingerprint density at radius 2 is 2.06 bits per heavy atom. The van der Waals surface area contributed by atoms with E-state index in [1.807, 2.05) is 0 Å². The van der Waals surface area contributed by atoms with Gasteiger partial charge in [0.05, 0.1) is 18.9 Å². The van der Waals surface area contributed by atoms with E-state index in [9.17, 15) is 9.59 Å². The summed E-state index contributed by atoms with van der Waals surface area (Å²) in [6.07, 6.45) is 0.755. The van der Waals surface area contributed by atoms with Gasteiger partial charge in [0.2, 0.25) is 0 Å². The van der Waals surface area contributed by atoms with Crippen LogP contribution in [0.2, 0.25) is 0 Å². The number of methoxy groups -OCH3 is 1. The first kappa shape index (κ1) is 13.2. The van der Waals surface area contributed by atoms with Gasteiger partial charge in [-0.25, -0.2) is 9.59 Å². The first-order chi connectivity index (χ1) is 8.04. The summed E-state index contributed by atoms with van der Waals surface area (Å²) in [5, 5.41) is 11.3. The average molecular weight is 300 g/mol. The van der Waals surface area contributed by atoms with Gasteiger partial charge in [-0.15, -0.1) is 0 Å². The number of carbonyl (C=O) groups is 2. The van der Waals surface area contributed by atoms with Crippen LogP contribution in [0.1, 0.15) is 0 Å². The molecule has 1 rings (SSSR count). The average Bonchev–Trinajstić information content (AvgIpc) is 2.29. The number of aliphatic carboxylic acids is 1. The molecule has 1 aromatic rings. The van der Waals surface area contributed by atoms with Crippen LogP contribution in [-0.2, 0) is 14.3 Å². The lowest BCUT2D eigenvalue weighted by Crippen LogP contribution is -2.15. The lowest BCUT2D eigenvalue weighted by molar-refractivity contribution is -0.137. The maximum absolute atomic E-state index is 11.3. The van der Waals surface area contributed by atoms with Crippen molar-refractivity contribution in [1.82, 2.24) is 0 Å². The molecule has 5 nitrogen and oxygen atoms in total. The molecular weight excluding hydrogens is 290 g/mol. The van der Waals surface area contributed by atoms with E-state index in [-0.39, 0.29) is 5.70 Å². The Labute approximate surface area is 106 Å². The van der Waals surface area contributed by atoms with E-state index < -0.39 is 11.9 Å². The zero-order valence-corrected chi connectivity index (χ0v) is 10.5. The number of benzene rings is 1. The van der Waals surface area contributed by atoms with Crippen molar-refractivity contribution in [2.24, 2.45) is 0 Å². The van der Waals surface area contributed by atoms with Crippen LogP contribution < -0.4 is 5.32 Å². The van der Waals surface area contributed by atoms with Crippen molar-refractivity contribution >= 4 is 33.6 Å². The molecule has 2 N–H and O–H groups in total. The van der Waals surface area contributed by atoms with Crippen LogP contribution in [-0.4, -0.2) is 24.2 Å². The van der Waals surface area contributed by atoms with Crippen molar-refractivity contribution in [2.45, 2.75) is 0 Å². The van der Waals surface area contributed by atoms with Crippen molar-refractivity contribution in [3.05, 3.63) is 40.5 Å². The molecule has 0 aliphatic carbocycles. The van der Waals surface area contributed by atoms with Gasteiger partial charge in [-0.3, -0.25) is 0 Å². The number of ether oxygens (including phenoxy) is 1. The first-order valence-corrected chi connectivity index (χ1v) is 5.38. The summed E-state index contributed by atoms with van der Waals surface area (Å²) in [5.41, 5.74) is 0.428. The summed E-state index contributed by atoms with van der Waals surface area (Å²) in [7, 11) is 1.18. The number of carbonyl (C=O) groups excluding carboxylic acids is 1. The van der Waals surface area contributed by atoms with Crippen LogP contribution in [0.5, 0.6) is 0 Å². The minimum absolute atomic E-state index is 0.146. The van der Waals surface area contributed by atoms with Crippen molar-refractivity contribution in [2.75, 3.05) is 12.4 Å². The normalized spacial score (nSPS) is 10.8. The molecule has 0 radical (unpaired) electrons. The van der Waals surface area contributed by atoms with E-state index in [2.05, 4.69) is 26.0 Å². The second kappa shape index (κ2) is 6.05. The maximum atomic E-state index is 11.3. The number of carboxylic acid groups (broad SMARTS) is 1. The van der Waals surface area contributed by atoms with Gasteiger partial charge in [0.1, 0.15) is 5.70 Å². The van der Waals surface area contributed by atoms with E-state index in [0.717, 1.165) is 6.08 Å². The summed E-state index contributed by atoms with van der Waals surface area (Å²) < 4.78 is 5.19. The van der Waals surface area contributed by atoms with Gasteiger partial charge in [0.15, 0.2) is 0 Å². The molecule has 0 aromatic heterocycles. The molecular formula is C11H10BrNO4. The number of carboxylic acids is 1. The second-order valence-electron chi connectivity index (χ2n) is 2.99. The Hall–Kier alpha value is -1.82. The molecule has 0 amide bonds. The number of para-hydroxylation sites is 1. The summed E-state index contributed by atoms with van der Waals surface area (Å²) >= 11 is 3.27. The van der Waals surface area contributed by atoms with Crippen molar-refractivity contribution < 1.29 is 19.4 Å². The monoisotopic (exact) mass is 299 g/mol. The van der Waals surface area contributed by atoms with Crippen molar-refractivity contribution in [3.8, 4) is 0 Å². The molecule has 0 atom stereocenters. The Kier molecular flexibility index (Phi) is 4.71. The number of nitrogens with one attached hydrogen (secondary N) is 1. The van der Waals surface area contributed by atoms with Gasteiger partial charge in [-0.2, -0.15) is 0 Å². The molecule has 1 aromatic carbocycles. The lowest BCUT2D eigenvalue weighted by atomic mass is 10.3. The summed E-state index contributed by atoms with van der Waals surface area (Å²) in [4.78, 5) is 21.9. The number of hydrogen-bond acceptors (Lipinski definition) is 4. The van der Waals surface area contributed by atoms with Crippen LogP contribution >= 0.6 is 15.9 Å². The lowest BCUT2D eigenvalue weighted by Gasteiger charge is -2.09.